The molecule has 0 N–H and O–H groups in total. The lowest BCUT2D eigenvalue weighted by atomic mass is 9.93. The molecule has 2 atom stereocenters. The number of hydrogen-bond acceptors (Lipinski definition) is 1. The van der Waals surface area contributed by atoms with E-state index in [0.717, 1.165) is 6.42 Å². The molecular formula is C18H17ClFNO. The first-order chi connectivity index (χ1) is 10.6. The Balaban J connectivity index is 1.86. The van der Waals surface area contributed by atoms with Gasteiger partial charge in [0.25, 0.3) is 5.91 Å². The van der Waals surface area contributed by atoms with Gasteiger partial charge in [-0.2, -0.15) is 0 Å². The maximum atomic E-state index is 14.0. The highest BCUT2D eigenvalue weighted by atomic mass is 35.5. The number of hydrogen-bond donors (Lipinski definition) is 0. The van der Waals surface area contributed by atoms with E-state index in [2.05, 4.69) is 12.1 Å². The van der Waals surface area contributed by atoms with Crippen LogP contribution in [-0.2, 0) is 0 Å². The second kappa shape index (κ2) is 6.09. The minimum atomic E-state index is -0.562. The first kappa shape index (κ1) is 15.0. The van der Waals surface area contributed by atoms with Crippen molar-refractivity contribution in [3.63, 3.8) is 0 Å². The second-order valence-electron chi connectivity index (χ2n) is 5.64. The Morgan fingerprint density at radius 1 is 1.18 bits per heavy atom. The molecule has 0 radical (unpaired) electrons. The minimum Gasteiger partial charge on any atom is -0.335 e. The van der Waals surface area contributed by atoms with Gasteiger partial charge in [0.1, 0.15) is 5.82 Å². The molecule has 1 saturated heterocycles. The average Bonchev–Trinajstić information content (AvgIpc) is 2.89. The summed E-state index contributed by atoms with van der Waals surface area (Å²) in [5.41, 5.74) is 1.19. The molecule has 1 aliphatic rings. The summed E-state index contributed by atoms with van der Waals surface area (Å²) in [7, 11) is 0. The molecule has 0 aromatic heterocycles. The molecule has 1 amide bonds. The minimum absolute atomic E-state index is 0.0190. The lowest BCUT2D eigenvalue weighted by molar-refractivity contribution is 0.0737. The van der Waals surface area contributed by atoms with Crippen LogP contribution >= 0.6 is 11.6 Å². The monoisotopic (exact) mass is 317 g/mol. The Hall–Kier alpha value is -1.87. The van der Waals surface area contributed by atoms with E-state index in [9.17, 15) is 9.18 Å². The van der Waals surface area contributed by atoms with Crippen LogP contribution in [0, 0.1) is 5.82 Å². The molecule has 4 heteroatoms. The lowest BCUT2D eigenvalue weighted by Crippen LogP contribution is -2.36. The summed E-state index contributed by atoms with van der Waals surface area (Å²) in [5, 5.41) is 0.167. The van der Waals surface area contributed by atoms with Gasteiger partial charge in [-0.05, 0) is 31.0 Å². The van der Waals surface area contributed by atoms with Gasteiger partial charge in [-0.15, -0.1) is 0 Å². The fraction of sp³-hybridized carbons (Fsp3) is 0.278. The highest BCUT2D eigenvalue weighted by Gasteiger charge is 2.36. The Morgan fingerprint density at radius 3 is 2.59 bits per heavy atom. The molecule has 0 bridgehead atoms. The predicted molar refractivity (Wildman–Crippen MR) is 85.7 cm³/mol. The van der Waals surface area contributed by atoms with Crippen molar-refractivity contribution < 1.29 is 9.18 Å². The van der Waals surface area contributed by atoms with Gasteiger partial charge in [0.15, 0.2) is 0 Å². The van der Waals surface area contributed by atoms with Crippen molar-refractivity contribution >= 4 is 17.5 Å². The average molecular weight is 318 g/mol. The van der Waals surface area contributed by atoms with Crippen LogP contribution in [0.3, 0.4) is 0 Å². The van der Waals surface area contributed by atoms with Gasteiger partial charge in [-0.25, -0.2) is 4.39 Å². The molecule has 2 nitrogen and oxygen atoms in total. The van der Waals surface area contributed by atoms with Gasteiger partial charge >= 0.3 is 0 Å². The van der Waals surface area contributed by atoms with Crippen LogP contribution in [0.2, 0.25) is 5.02 Å². The zero-order chi connectivity index (χ0) is 15.7. The predicted octanol–water partition coefficient (Wildman–Crippen LogP) is 4.50. The Labute approximate surface area is 134 Å². The lowest BCUT2D eigenvalue weighted by Gasteiger charge is -2.25. The quantitative estimate of drug-likeness (QED) is 0.798. The number of benzene rings is 2. The standard InChI is InChI=1S/C18H17ClFNO/c1-12-14(13-6-3-2-4-7-13)10-11-21(12)18(22)17-15(19)8-5-9-16(17)20/h2-9,12,14H,10-11H2,1H3/t12-,14+/m1/s1. The highest BCUT2D eigenvalue weighted by molar-refractivity contribution is 6.33. The molecule has 22 heavy (non-hydrogen) atoms. The van der Waals surface area contributed by atoms with Crippen molar-refractivity contribution in [3.8, 4) is 0 Å². The smallest absolute Gasteiger partial charge is 0.258 e. The summed E-state index contributed by atoms with van der Waals surface area (Å²) < 4.78 is 14.0. The summed E-state index contributed by atoms with van der Waals surface area (Å²) in [4.78, 5) is 14.4. The van der Waals surface area contributed by atoms with Crippen molar-refractivity contribution in [3.05, 3.63) is 70.5 Å². The molecule has 2 aromatic rings. The zero-order valence-corrected chi connectivity index (χ0v) is 13.1. The Bertz CT molecular complexity index is 668. The van der Waals surface area contributed by atoms with Gasteiger partial charge < -0.3 is 4.90 Å². The van der Waals surface area contributed by atoms with E-state index in [4.69, 9.17) is 11.6 Å². The van der Waals surface area contributed by atoms with Crippen molar-refractivity contribution in [2.45, 2.75) is 25.3 Å². The summed E-state index contributed by atoms with van der Waals surface area (Å²) in [6.45, 7) is 2.63. The number of carbonyl (C=O) groups excluding carboxylic acids is 1. The molecule has 1 aliphatic heterocycles. The maximum Gasteiger partial charge on any atom is 0.258 e. The van der Waals surface area contributed by atoms with Crippen LogP contribution in [-0.4, -0.2) is 23.4 Å². The first-order valence-corrected chi connectivity index (χ1v) is 7.77. The van der Waals surface area contributed by atoms with E-state index in [-0.39, 0.29) is 28.5 Å². The zero-order valence-electron chi connectivity index (χ0n) is 12.3. The number of halogens is 2. The van der Waals surface area contributed by atoms with E-state index in [1.165, 1.54) is 17.7 Å². The van der Waals surface area contributed by atoms with Crippen molar-refractivity contribution in [1.82, 2.24) is 4.90 Å². The summed E-state index contributed by atoms with van der Waals surface area (Å²) in [5.74, 6) is -0.613. The van der Waals surface area contributed by atoms with Gasteiger partial charge in [0.2, 0.25) is 0 Å². The fourth-order valence-electron chi connectivity index (χ4n) is 3.22. The molecule has 1 fully saturated rings. The topological polar surface area (TPSA) is 20.3 Å². The summed E-state index contributed by atoms with van der Waals surface area (Å²) in [6, 6.07) is 14.5. The second-order valence-corrected chi connectivity index (χ2v) is 6.05. The maximum absolute atomic E-state index is 14.0. The van der Waals surface area contributed by atoms with Crippen LogP contribution in [0.5, 0.6) is 0 Å². The van der Waals surface area contributed by atoms with Gasteiger partial charge in [0.05, 0.1) is 10.6 Å². The molecule has 0 unspecified atom stereocenters. The molecule has 1 heterocycles. The van der Waals surface area contributed by atoms with Gasteiger partial charge in [-0.3, -0.25) is 4.79 Å². The number of amides is 1. The molecule has 114 valence electrons. The number of nitrogens with zero attached hydrogens (tertiary/aromatic N) is 1. The Morgan fingerprint density at radius 2 is 1.91 bits per heavy atom. The van der Waals surface area contributed by atoms with Crippen molar-refractivity contribution in [1.29, 1.82) is 0 Å². The van der Waals surface area contributed by atoms with E-state index in [0.29, 0.717) is 6.54 Å². The first-order valence-electron chi connectivity index (χ1n) is 7.39. The number of likely N-dealkylation sites (tertiary alicyclic amines) is 1. The molecular weight excluding hydrogens is 301 g/mol. The largest absolute Gasteiger partial charge is 0.335 e. The highest BCUT2D eigenvalue weighted by Crippen LogP contribution is 2.35. The van der Waals surface area contributed by atoms with E-state index < -0.39 is 5.82 Å². The van der Waals surface area contributed by atoms with Crippen LogP contribution in [0.4, 0.5) is 4.39 Å². The van der Waals surface area contributed by atoms with Crippen LogP contribution < -0.4 is 0 Å². The third-order valence-electron chi connectivity index (χ3n) is 4.42. The molecule has 0 aliphatic carbocycles. The molecule has 3 rings (SSSR count). The fourth-order valence-corrected chi connectivity index (χ4v) is 3.46. The summed E-state index contributed by atoms with van der Waals surface area (Å²) in [6.07, 6.45) is 0.878. The number of rotatable bonds is 2. The van der Waals surface area contributed by atoms with Gasteiger partial charge in [0, 0.05) is 18.5 Å². The SMILES string of the molecule is C[C@@H]1[C@@H](c2ccccc2)CCN1C(=O)c1c(F)cccc1Cl. The van der Waals surface area contributed by atoms with E-state index in [1.54, 1.807) is 11.0 Å². The molecule has 0 spiro atoms. The van der Waals surface area contributed by atoms with Crippen LogP contribution in [0.25, 0.3) is 0 Å². The molecule has 0 saturated carbocycles. The van der Waals surface area contributed by atoms with Gasteiger partial charge in [-0.1, -0.05) is 48.0 Å². The van der Waals surface area contributed by atoms with E-state index in [1.807, 2.05) is 25.1 Å². The van der Waals surface area contributed by atoms with E-state index >= 15 is 0 Å². The normalized spacial score (nSPS) is 21.1. The third-order valence-corrected chi connectivity index (χ3v) is 4.74. The molecule has 2 aromatic carbocycles. The van der Waals surface area contributed by atoms with Crippen LogP contribution in [0.15, 0.2) is 48.5 Å². The van der Waals surface area contributed by atoms with Crippen molar-refractivity contribution in [2.75, 3.05) is 6.54 Å². The van der Waals surface area contributed by atoms with Crippen LogP contribution in [0.1, 0.15) is 35.2 Å². The third kappa shape index (κ3) is 2.61. The van der Waals surface area contributed by atoms with Crippen molar-refractivity contribution in [2.24, 2.45) is 0 Å². The summed E-state index contributed by atoms with van der Waals surface area (Å²) >= 11 is 6.02. The number of carbonyl (C=O) groups is 1. The Kier molecular flexibility index (Phi) is 4.16.